The van der Waals surface area contributed by atoms with Gasteiger partial charge in [0.15, 0.2) is 5.78 Å². The Morgan fingerprint density at radius 3 is 2.71 bits per heavy atom. The molecule has 176 valence electrons. The molecule has 8 nitrogen and oxygen atoms in total. The highest BCUT2D eigenvalue weighted by Crippen LogP contribution is 2.30. The summed E-state index contributed by atoms with van der Waals surface area (Å²) < 4.78 is 43.2. The van der Waals surface area contributed by atoms with Crippen LogP contribution in [0.25, 0.3) is 11.0 Å². The van der Waals surface area contributed by atoms with Gasteiger partial charge in [-0.15, -0.1) is 0 Å². The van der Waals surface area contributed by atoms with Crippen LogP contribution in [0.15, 0.2) is 59.9 Å². The van der Waals surface area contributed by atoms with Crippen LogP contribution in [0.5, 0.6) is 0 Å². The lowest BCUT2D eigenvalue weighted by Gasteiger charge is -2.11. The average molecular weight is 502 g/mol. The number of rotatable bonds is 7. The number of fused-ring (bicyclic) bond motifs is 1. The molecule has 4 rings (SSSR count). The Kier molecular flexibility index (Phi) is 6.28. The average Bonchev–Trinajstić information content (AvgIpc) is 3.20. The quantitative estimate of drug-likeness (QED) is 0.351. The number of nitrogen functional groups attached to an aromatic ring is 1. The van der Waals surface area contributed by atoms with Gasteiger partial charge in [-0.05, 0) is 43.7 Å². The van der Waals surface area contributed by atoms with Crippen molar-refractivity contribution in [2.75, 3.05) is 10.5 Å². The number of hydrogen-bond donors (Lipinski definition) is 2. The van der Waals surface area contributed by atoms with Gasteiger partial charge in [0, 0.05) is 23.5 Å². The normalized spacial score (nSPS) is 12.6. The summed E-state index contributed by atoms with van der Waals surface area (Å²) in [5.41, 5.74) is 7.35. The number of carbonyl (C=O) groups is 1. The maximum absolute atomic E-state index is 13.4. The largest absolute Gasteiger partial charge is 0.383 e. The number of nitrogens with one attached hydrogen (secondary N) is 1. The molecule has 0 amide bonds. The van der Waals surface area contributed by atoms with Crippen LogP contribution < -0.4 is 10.5 Å². The summed E-state index contributed by atoms with van der Waals surface area (Å²) in [4.78, 5) is 21.6. The second kappa shape index (κ2) is 9.03. The van der Waals surface area contributed by atoms with Gasteiger partial charge in [-0.25, -0.2) is 22.8 Å². The van der Waals surface area contributed by atoms with E-state index >= 15 is 0 Å². The highest BCUT2D eigenvalue weighted by molar-refractivity contribution is 7.92. The number of aromatic nitrogens is 3. The van der Waals surface area contributed by atoms with Crippen molar-refractivity contribution in [3.63, 3.8) is 0 Å². The predicted octanol–water partition coefficient (Wildman–Crippen LogP) is 4.81. The van der Waals surface area contributed by atoms with E-state index in [9.17, 15) is 17.6 Å². The molecule has 34 heavy (non-hydrogen) atoms. The fraction of sp³-hybridized carbons (Fsp3) is 0.174. The van der Waals surface area contributed by atoms with E-state index in [1.165, 1.54) is 18.5 Å². The Labute approximate surface area is 200 Å². The second-order valence-electron chi connectivity index (χ2n) is 7.76. The van der Waals surface area contributed by atoms with Crippen LogP contribution in [-0.2, 0) is 10.0 Å². The first kappa shape index (κ1) is 23.7. The Morgan fingerprint density at radius 2 is 2.00 bits per heavy atom. The monoisotopic (exact) mass is 501 g/mol. The minimum atomic E-state index is -4.07. The number of nitrogens with two attached hydrogens (primary N) is 1. The van der Waals surface area contributed by atoms with Crippen LogP contribution >= 0.6 is 11.6 Å². The maximum atomic E-state index is 13.4. The summed E-state index contributed by atoms with van der Waals surface area (Å²) >= 11 is 5.72. The standard InChI is InChI=1S/C23H21ClFN5O3S/c1-3-13(2)30-11-17(20-22(26)27-12-28-23(20)30)21(31)14-5-4-6-15(9-14)29-34(32,33)16-7-8-19(25)18(24)10-16/h4-13,29H,3H2,1-2H3,(H2,26,27,28). The van der Waals surface area contributed by atoms with E-state index < -0.39 is 15.8 Å². The van der Waals surface area contributed by atoms with Crippen LogP contribution in [0.3, 0.4) is 0 Å². The van der Waals surface area contributed by atoms with Crippen LogP contribution in [0, 0.1) is 5.82 Å². The first-order chi connectivity index (χ1) is 16.1. The van der Waals surface area contributed by atoms with Gasteiger partial charge in [0.2, 0.25) is 0 Å². The van der Waals surface area contributed by atoms with Crippen molar-refractivity contribution >= 4 is 49.9 Å². The van der Waals surface area contributed by atoms with E-state index in [-0.39, 0.29) is 38.8 Å². The molecule has 0 saturated heterocycles. The molecule has 2 heterocycles. The summed E-state index contributed by atoms with van der Waals surface area (Å²) in [5.74, 6) is -0.909. The Hall–Kier alpha value is -3.50. The zero-order valence-corrected chi connectivity index (χ0v) is 19.9. The summed E-state index contributed by atoms with van der Waals surface area (Å²) in [7, 11) is -4.07. The van der Waals surface area contributed by atoms with Crippen molar-refractivity contribution in [2.45, 2.75) is 31.2 Å². The number of hydrogen-bond acceptors (Lipinski definition) is 6. The summed E-state index contributed by atoms with van der Waals surface area (Å²) in [6.07, 6.45) is 3.86. The summed E-state index contributed by atoms with van der Waals surface area (Å²) in [5, 5.41) is 0.129. The highest BCUT2D eigenvalue weighted by Gasteiger charge is 2.23. The smallest absolute Gasteiger partial charge is 0.261 e. The molecule has 0 aliphatic heterocycles. The molecule has 0 spiro atoms. The summed E-state index contributed by atoms with van der Waals surface area (Å²) in [6.45, 7) is 4.02. The SMILES string of the molecule is CCC(C)n1cc(C(=O)c2cccc(NS(=O)(=O)c3ccc(F)c(Cl)c3)c2)c2c(N)ncnc21. The molecule has 1 unspecified atom stereocenters. The van der Waals surface area contributed by atoms with E-state index in [2.05, 4.69) is 14.7 Å². The first-order valence-corrected chi connectivity index (χ1v) is 12.2. The highest BCUT2D eigenvalue weighted by atomic mass is 35.5. The molecule has 0 aliphatic carbocycles. The van der Waals surface area contributed by atoms with E-state index in [1.807, 2.05) is 18.4 Å². The molecule has 0 bridgehead atoms. The van der Waals surface area contributed by atoms with Gasteiger partial charge < -0.3 is 10.3 Å². The van der Waals surface area contributed by atoms with Crippen LogP contribution in [0.4, 0.5) is 15.9 Å². The van der Waals surface area contributed by atoms with Crippen LogP contribution in [0.2, 0.25) is 5.02 Å². The van der Waals surface area contributed by atoms with Gasteiger partial charge in [-0.2, -0.15) is 0 Å². The molecule has 4 aromatic rings. The van der Waals surface area contributed by atoms with Gasteiger partial charge in [-0.1, -0.05) is 30.7 Å². The minimum Gasteiger partial charge on any atom is -0.383 e. The minimum absolute atomic E-state index is 0.0685. The van der Waals surface area contributed by atoms with Gasteiger partial charge in [0.05, 0.1) is 20.9 Å². The number of anilines is 2. The van der Waals surface area contributed by atoms with Gasteiger partial charge in [-0.3, -0.25) is 9.52 Å². The fourth-order valence-corrected chi connectivity index (χ4v) is 4.87. The number of carbonyl (C=O) groups excluding carboxylic acids is 1. The predicted molar refractivity (Wildman–Crippen MR) is 129 cm³/mol. The van der Waals surface area contributed by atoms with E-state index in [4.69, 9.17) is 17.3 Å². The zero-order valence-electron chi connectivity index (χ0n) is 18.3. The lowest BCUT2D eigenvalue weighted by atomic mass is 10.0. The third-order valence-electron chi connectivity index (χ3n) is 5.53. The lowest BCUT2D eigenvalue weighted by molar-refractivity contribution is 0.104. The molecule has 0 saturated carbocycles. The van der Waals surface area contributed by atoms with Gasteiger partial charge in [0.1, 0.15) is 23.6 Å². The van der Waals surface area contributed by atoms with E-state index in [0.717, 1.165) is 24.6 Å². The number of sulfonamides is 1. The van der Waals surface area contributed by atoms with Crippen LogP contribution in [-0.4, -0.2) is 28.7 Å². The van der Waals surface area contributed by atoms with E-state index in [0.29, 0.717) is 16.6 Å². The maximum Gasteiger partial charge on any atom is 0.261 e. The lowest BCUT2D eigenvalue weighted by Crippen LogP contribution is -2.13. The van der Waals surface area contributed by atoms with Crippen molar-refractivity contribution in [1.82, 2.24) is 14.5 Å². The molecular weight excluding hydrogens is 481 g/mol. The number of halogens is 2. The molecule has 1 atom stereocenters. The molecule has 11 heteroatoms. The molecule has 2 aromatic carbocycles. The van der Waals surface area contributed by atoms with Crippen molar-refractivity contribution in [3.05, 3.63) is 77.0 Å². The molecule has 3 N–H and O–H groups in total. The third kappa shape index (κ3) is 4.34. The molecule has 2 aromatic heterocycles. The zero-order chi connectivity index (χ0) is 24.6. The fourth-order valence-electron chi connectivity index (χ4n) is 3.55. The van der Waals surface area contributed by atoms with Crippen molar-refractivity contribution in [1.29, 1.82) is 0 Å². The molecule has 0 fully saturated rings. The first-order valence-electron chi connectivity index (χ1n) is 10.4. The molecule has 0 radical (unpaired) electrons. The third-order valence-corrected chi connectivity index (χ3v) is 7.20. The summed E-state index contributed by atoms with van der Waals surface area (Å²) in [6, 6.07) is 9.19. The van der Waals surface area contributed by atoms with Crippen molar-refractivity contribution in [2.24, 2.45) is 0 Å². The number of ketones is 1. The Balaban J connectivity index is 1.72. The van der Waals surface area contributed by atoms with Crippen molar-refractivity contribution < 1.29 is 17.6 Å². The molecule has 0 aliphatic rings. The van der Waals surface area contributed by atoms with Gasteiger partial charge >= 0.3 is 0 Å². The number of nitrogens with zero attached hydrogens (tertiary/aromatic N) is 3. The van der Waals surface area contributed by atoms with Crippen LogP contribution in [0.1, 0.15) is 42.2 Å². The Morgan fingerprint density at radius 1 is 1.24 bits per heavy atom. The number of benzene rings is 2. The topological polar surface area (TPSA) is 120 Å². The molecular formula is C23H21ClFN5O3S. The Bertz CT molecular complexity index is 1520. The second-order valence-corrected chi connectivity index (χ2v) is 9.85. The van der Waals surface area contributed by atoms with E-state index in [1.54, 1.807) is 18.3 Å². The van der Waals surface area contributed by atoms with Gasteiger partial charge in [0.25, 0.3) is 10.0 Å². The van der Waals surface area contributed by atoms with Crippen molar-refractivity contribution in [3.8, 4) is 0 Å².